The Balaban J connectivity index is 0.000000215. The molecule has 9 rings (SSSR count). The number of rotatable bonds is 15. The first kappa shape index (κ1) is 59.0. The molecule has 406 valence electrons. The summed E-state index contributed by atoms with van der Waals surface area (Å²) in [6.07, 6.45) is 8.50. The van der Waals surface area contributed by atoms with Gasteiger partial charge < -0.3 is 36.6 Å². The zero-order valence-electron chi connectivity index (χ0n) is 42.0. The van der Waals surface area contributed by atoms with E-state index in [9.17, 15) is 50.6 Å². The molecule has 3 unspecified atom stereocenters. The van der Waals surface area contributed by atoms with Crippen molar-refractivity contribution < 1.29 is 60.5 Å². The molecule has 1 aromatic heterocycles. The minimum atomic E-state index is -1.60. The Morgan fingerprint density at radius 3 is 1.66 bits per heavy atom. The second-order valence-electron chi connectivity index (χ2n) is 18.9. The van der Waals surface area contributed by atoms with Gasteiger partial charge in [-0.2, -0.15) is 0 Å². The Labute approximate surface area is 453 Å². The van der Waals surface area contributed by atoms with Crippen molar-refractivity contribution in [3.8, 4) is 11.1 Å². The fourth-order valence-corrected chi connectivity index (χ4v) is 8.90. The molecule has 4 atom stereocenters. The van der Waals surface area contributed by atoms with Gasteiger partial charge in [-0.05, 0) is 137 Å². The second kappa shape index (κ2) is 26.2. The number of aromatic nitrogens is 1. The summed E-state index contributed by atoms with van der Waals surface area (Å²) in [5.41, 5.74) is 6.37. The SMILES string of the molecule is CC(N)C1CC1.CC(Nc1cc(F)c(C(=O)O)c(F)c1)C1CC1.COC(=O)c1c(F)cc(Br)cc1F.[C-]#[N+]c1ccc(-c2ccc(C[C@H](NC(=O)c3c(F)cc(NC(C)C4CC4)cc3F)C(=O)O)c3cccnc23)c(Cl)c1. The van der Waals surface area contributed by atoms with Gasteiger partial charge in [0.15, 0.2) is 5.69 Å². The highest BCUT2D eigenvalue weighted by Crippen LogP contribution is 2.38. The molecule has 3 saturated carbocycles. The number of fused-ring (bicyclic) bond motifs is 1. The van der Waals surface area contributed by atoms with E-state index >= 15 is 0 Å². The number of carboxylic acid groups (broad SMARTS) is 2. The van der Waals surface area contributed by atoms with Gasteiger partial charge >= 0.3 is 17.9 Å². The van der Waals surface area contributed by atoms with Gasteiger partial charge in [0.2, 0.25) is 0 Å². The number of carboxylic acids is 2. The number of methoxy groups -OCH3 is 1. The summed E-state index contributed by atoms with van der Waals surface area (Å²) in [4.78, 5) is 54.4. The van der Waals surface area contributed by atoms with E-state index in [1.54, 1.807) is 48.7 Å². The quantitative estimate of drug-likeness (QED) is 0.0325. The number of nitrogens with zero attached hydrogens (tertiary/aromatic N) is 2. The van der Waals surface area contributed by atoms with Gasteiger partial charge in [-0.3, -0.25) is 9.78 Å². The Bertz CT molecular complexity index is 3160. The van der Waals surface area contributed by atoms with Gasteiger partial charge in [-0.15, -0.1) is 0 Å². The van der Waals surface area contributed by atoms with Crippen LogP contribution in [-0.4, -0.2) is 70.3 Å². The summed E-state index contributed by atoms with van der Waals surface area (Å²) in [7, 11) is 1.06. The lowest BCUT2D eigenvalue weighted by Crippen LogP contribution is -2.43. The number of amides is 1. The minimum absolute atomic E-state index is 0.0368. The number of nitrogens with one attached hydrogen (secondary N) is 3. The van der Waals surface area contributed by atoms with Crippen molar-refractivity contribution in [3.05, 3.63) is 163 Å². The first-order valence-corrected chi connectivity index (χ1v) is 25.5. The summed E-state index contributed by atoms with van der Waals surface area (Å²) >= 11 is 9.33. The first-order chi connectivity index (χ1) is 36.5. The van der Waals surface area contributed by atoms with Crippen molar-refractivity contribution in [2.24, 2.45) is 23.5 Å². The van der Waals surface area contributed by atoms with Gasteiger partial charge in [-0.1, -0.05) is 57.9 Å². The normalized spacial score (nSPS) is 15.0. The van der Waals surface area contributed by atoms with Crippen LogP contribution in [0.5, 0.6) is 0 Å². The van der Waals surface area contributed by atoms with Gasteiger partial charge in [-0.25, -0.2) is 45.6 Å². The van der Waals surface area contributed by atoms with Crippen LogP contribution in [0, 0.1) is 59.2 Å². The van der Waals surface area contributed by atoms with E-state index in [-0.39, 0.29) is 34.4 Å². The minimum Gasteiger partial charge on any atom is -0.480 e. The van der Waals surface area contributed by atoms with E-state index in [1.165, 1.54) is 12.8 Å². The molecular weight excluding hydrogens is 1100 g/mol. The number of nitrogens with two attached hydrogens (primary N) is 1. The van der Waals surface area contributed by atoms with Gasteiger partial charge in [0.05, 0.1) is 19.2 Å². The molecule has 1 amide bonds. The molecule has 0 spiro atoms. The molecule has 3 aliphatic carbocycles. The molecule has 7 N–H and O–H groups in total. The van der Waals surface area contributed by atoms with Crippen molar-refractivity contribution in [1.29, 1.82) is 0 Å². The highest BCUT2D eigenvalue weighted by molar-refractivity contribution is 9.10. The van der Waals surface area contributed by atoms with Crippen LogP contribution < -0.4 is 21.7 Å². The molecule has 1 heterocycles. The van der Waals surface area contributed by atoms with Crippen LogP contribution in [0.25, 0.3) is 26.9 Å². The molecule has 0 saturated heterocycles. The molecule has 3 aliphatic rings. The average molecular weight is 1150 g/mol. The van der Waals surface area contributed by atoms with Crippen LogP contribution in [-0.2, 0) is 16.0 Å². The lowest BCUT2D eigenvalue weighted by atomic mass is 9.95. The molecule has 3 fully saturated rings. The number of halogens is 8. The second-order valence-corrected chi connectivity index (χ2v) is 20.2. The third kappa shape index (κ3) is 15.9. The van der Waals surface area contributed by atoms with E-state index in [4.69, 9.17) is 29.0 Å². The van der Waals surface area contributed by atoms with Crippen LogP contribution in [0.2, 0.25) is 5.02 Å². The number of hydrogen-bond acceptors (Lipinski definition) is 9. The number of ether oxygens (including phenoxy) is 1. The van der Waals surface area contributed by atoms with Crippen molar-refractivity contribution in [3.63, 3.8) is 0 Å². The topological polar surface area (TPSA) is 197 Å². The van der Waals surface area contributed by atoms with Gasteiger partial charge in [0.1, 0.15) is 57.6 Å². The number of hydrogen-bond donors (Lipinski definition) is 6. The third-order valence-electron chi connectivity index (χ3n) is 13.0. The summed E-state index contributed by atoms with van der Waals surface area (Å²) < 4.78 is 86.9. The molecule has 6 aromatic rings. The number of pyridine rings is 1. The highest BCUT2D eigenvalue weighted by Gasteiger charge is 2.31. The van der Waals surface area contributed by atoms with Crippen molar-refractivity contribution in [1.82, 2.24) is 10.3 Å². The largest absolute Gasteiger partial charge is 0.480 e. The van der Waals surface area contributed by atoms with Crippen LogP contribution in [0.1, 0.15) is 95.9 Å². The number of carbonyl (C=O) groups is 4. The summed E-state index contributed by atoms with van der Waals surface area (Å²) in [6.45, 7) is 13.1. The average Bonchev–Trinajstić information content (AvgIpc) is 4.17. The number of carbonyl (C=O) groups excluding carboxylic acids is 2. The van der Waals surface area contributed by atoms with Crippen molar-refractivity contribution in [2.45, 2.75) is 89.9 Å². The highest BCUT2D eigenvalue weighted by atomic mass is 79.9. The van der Waals surface area contributed by atoms with E-state index in [0.717, 1.165) is 75.1 Å². The molecule has 0 aliphatic heterocycles. The van der Waals surface area contributed by atoms with E-state index in [0.29, 0.717) is 56.2 Å². The monoisotopic (exact) mass is 1150 g/mol. The van der Waals surface area contributed by atoms with E-state index in [1.807, 2.05) is 13.8 Å². The maximum atomic E-state index is 14.9. The molecule has 0 radical (unpaired) electrons. The van der Waals surface area contributed by atoms with Crippen LogP contribution in [0.3, 0.4) is 0 Å². The van der Waals surface area contributed by atoms with Crippen LogP contribution in [0.15, 0.2) is 89.5 Å². The predicted octanol–water partition coefficient (Wildman–Crippen LogP) is 13.2. The summed E-state index contributed by atoms with van der Waals surface area (Å²) in [5, 5.41) is 27.8. The standard InChI is InChI=1S/C31H25ClF2N4O3.C12H13F2NO2.C8H5BrF2O2.C5H11N/c1-16(17-5-6-17)37-20-14-25(33)28(26(34)15-20)30(39)38-27(31(40)41)12-18-7-9-23(29-21(18)4-3-11-36-29)22-10-8-19(35-2)13-24(22)32;1-6(7-2-3-7)15-8-4-9(13)11(12(16)17)10(14)5-8;1-13-8(12)7-5(10)2-4(9)3-6(7)11;1-4(6)5-2-3-5/h3-4,7-11,13-17,27,37H,5-6,12H2,1H3,(H,38,39)(H,40,41);4-7,15H,2-3H2,1H3,(H,16,17);2-3H,1H3;4-5H,2-3,6H2,1H3/t16?,27-;;;/m0.../s1. The zero-order valence-corrected chi connectivity index (χ0v) is 44.3. The number of aliphatic carboxylic acids is 1. The fraction of sp³-hybridized carbons (Fsp3) is 0.321. The Hall–Kier alpha value is -7.21. The molecule has 0 bridgehead atoms. The lowest BCUT2D eigenvalue weighted by Gasteiger charge is -2.18. The summed E-state index contributed by atoms with van der Waals surface area (Å²) in [6, 6.07) is 17.1. The number of aromatic carboxylic acids is 1. The molecule has 5 aromatic carbocycles. The third-order valence-corrected chi connectivity index (χ3v) is 13.8. The number of benzene rings is 5. The number of esters is 1. The maximum absolute atomic E-state index is 14.9. The smallest absolute Gasteiger partial charge is 0.343 e. The van der Waals surface area contributed by atoms with Crippen LogP contribution in [0.4, 0.5) is 43.4 Å². The van der Waals surface area contributed by atoms with E-state index < -0.39 is 81.5 Å². The Morgan fingerprint density at radius 1 is 0.740 bits per heavy atom. The van der Waals surface area contributed by atoms with Gasteiger partial charge in [0.25, 0.3) is 5.91 Å². The van der Waals surface area contributed by atoms with Crippen LogP contribution >= 0.6 is 27.5 Å². The Kier molecular flexibility index (Phi) is 20.1. The maximum Gasteiger partial charge on any atom is 0.343 e. The van der Waals surface area contributed by atoms with E-state index in [2.05, 4.69) is 53.4 Å². The van der Waals surface area contributed by atoms with Crippen molar-refractivity contribution in [2.75, 3.05) is 17.7 Å². The van der Waals surface area contributed by atoms with Crippen molar-refractivity contribution >= 4 is 79.3 Å². The molecule has 77 heavy (non-hydrogen) atoms. The lowest BCUT2D eigenvalue weighted by molar-refractivity contribution is -0.139. The molecular formula is C56H54BrClF6N6O7. The molecule has 21 heteroatoms. The first-order valence-electron chi connectivity index (χ1n) is 24.3. The fourth-order valence-electron chi connectivity index (χ4n) is 8.22. The number of anilines is 2. The predicted molar refractivity (Wildman–Crippen MR) is 284 cm³/mol. The molecule has 13 nitrogen and oxygen atoms in total. The Morgan fingerprint density at radius 2 is 1.23 bits per heavy atom. The zero-order chi connectivity index (χ0) is 56.4. The van der Waals surface area contributed by atoms with Gasteiger partial charge in [0, 0.05) is 62.6 Å². The summed E-state index contributed by atoms with van der Waals surface area (Å²) in [5.74, 6) is -9.45.